The molecule has 0 saturated carbocycles. The van der Waals surface area contributed by atoms with Crippen molar-refractivity contribution < 1.29 is 4.79 Å². The van der Waals surface area contributed by atoms with Gasteiger partial charge in [-0.1, -0.05) is 24.3 Å². The van der Waals surface area contributed by atoms with E-state index in [1.807, 2.05) is 18.2 Å². The number of rotatable bonds is 3. The minimum atomic E-state index is -0.0647. The molecule has 1 saturated heterocycles. The Labute approximate surface area is 108 Å². The van der Waals surface area contributed by atoms with Crippen molar-refractivity contribution in [3.63, 3.8) is 0 Å². The number of urea groups is 1. The molecule has 18 heavy (non-hydrogen) atoms. The Morgan fingerprint density at radius 2 is 2.06 bits per heavy atom. The standard InChI is InChI=1S/C14H21N3O/c1-11-4-2-3-5-12(11)10-16-14(18)17-13-6-8-15-9-7-13/h2-5,13,15H,6-10H2,1H3,(H2,16,17,18). The molecular formula is C14H21N3O. The molecule has 1 heterocycles. The Morgan fingerprint density at radius 3 is 2.78 bits per heavy atom. The van der Waals surface area contributed by atoms with Gasteiger partial charge in [-0.3, -0.25) is 0 Å². The molecule has 0 spiro atoms. The molecule has 1 fully saturated rings. The van der Waals surface area contributed by atoms with E-state index in [1.54, 1.807) is 0 Å². The van der Waals surface area contributed by atoms with Crippen LogP contribution in [0.4, 0.5) is 4.79 Å². The fourth-order valence-corrected chi connectivity index (χ4v) is 2.19. The zero-order valence-electron chi connectivity index (χ0n) is 10.8. The Kier molecular flexibility index (Phi) is 4.59. The Balaban J connectivity index is 1.76. The third-order valence-electron chi connectivity index (χ3n) is 3.38. The maximum atomic E-state index is 11.8. The summed E-state index contributed by atoms with van der Waals surface area (Å²) >= 11 is 0. The molecule has 0 atom stereocenters. The Bertz CT molecular complexity index is 400. The number of nitrogens with one attached hydrogen (secondary N) is 3. The van der Waals surface area contributed by atoms with Crippen LogP contribution in [0.2, 0.25) is 0 Å². The number of piperidine rings is 1. The van der Waals surface area contributed by atoms with E-state index in [0.717, 1.165) is 31.5 Å². The summed E-state index contributed by atoms with van der Waals surface area (Å²) in [4.78, 5) is 11.8. The second-order valence-corrected chi connectivity index (χ2v) is 4.78. The molecule has 4 heteroatoms. The van der Waals surface area contributed by atoms with Crippen molar-refractivity contribution in [1.29, 1.82) is 0 Å². The maximum absolute atomic E-state index is 11.8. The van der Waals surface area contributed by atoms with Crippen molar-refractivity contribution in [1.82, 2.24) is 16.0 Å². The first-order chi connectivity index (χ1) is 8.75. The fourth-order valence-electron chi connectivity index (χ4n) is 2.19. The lowest BCUT2D eigenvalue weighted by Gasteiger charge is -2.23. The van der Waals surface area contributed by atoms with Crippen LogP contribution in [0, 0.1) is 6.92 Å². The number of amides is 2. The van der Waals surface area contributed by atoms with E-state index < -0.39 is 0 Å². The van der Waals surface area contributed by atoms with Crippen LogP contribution in [-0.4, -0.2) is 25.2 Å². The zero-order valence-corrected chi connectivity index (χ0v) is 10.8. The highest BCUT2D eigenvalue weighted by Crippen LogP contribution is 2.06. The molecule has 2 amide bonds. The normalized spacial score (nSPS) is 16.3. The van der Waals surface area contributed by atoms with Crippen molar-refractivity contribution in [2.75, 3.05) is 13.1 Å². The van der Waals surface area contributed by atoms with Crippen LogP contribution in [0.1, 0.15) is 24.0 Å². The van der Waals surface area contributed by atoms with Gasteiger partial charge in [-0.05, 0) is 44.0 Å². The summed E-state index contributed by atoms with van der Waals surface area (Å²) in [6.07, 6.45) is 2.02. The van der Waals surface area contributed by atoms with Crippen molar-refractivity contribution in [3.8, 4) is 0 Å². The summed E-state index contributed by atoms with van der Waals surface area (Å²) < 4.78 is 0. The number of aryl methyl sites for hydroxylation is 1. The van der Waals surface area contributed by atoms with E-state index in [9.17, 15) is 4.79 Å². The topological polar surface area (TPSA) is 53.2 Å². The summed E-state index contributed by atoms with van der Waals surface area (Å²) in [7, 11) is 0. The van der Waals surface area contributed by atoms with Crippen LogP contribution in [-0.2, 0) is 6.54 Å². The number of carbonyl (C=O) groups excluding carboxylic acids is 1. The molecule has 0 aromatic heterocycles. The summed E-state index contributed by atoms with van der Waals surface area (Å²) in [6, 6.07) is 8.35. The van der Waals surface area contributed by atoms with Gasteiger partial charge in [-0.15, -0.1) is 0 Å². The third-order valence-corrected chi connectivity index (χ3v) is 3.38. The van der Waals surface area contributed by atoms with E-state index >= 15 is 0 Å². The summed E-state index contributed by atoms with van der Waals surface area (Å²) in [5, 5.41) is 9.22. The van der Waals surface area contributed by atoms with Crippen LogP contribution in [0.15, 0.2) is 24.3 Å². The van der Waals surface area contributed by atoms with Gasteiger partial charge in [0.2, 0.25) is 0 Å². The van der Waals surface area contributed by atoms with E-state index in [-0.39, 0.29) is 6.03 Å². The number of hydrogen-bond donors (Lipinski definition) is 3. The minimum absolute atomic E-state index is 0.0647. The van der Waals surface area contributed by atoms with Crippen LogP contribution >= 0.6 is 0 Å². The SMILES string of the molecule is Cc1ccccc1CNC(=O)NC1CCNCC1. The molecular weight excluding hydrogens is 226 g/mol. The van der Waals surface area contributed by atoms with Crippen molar-refractivity contribution >= 4 is 6.03 Å². The zero-order chi connectivity index (χ0) is 12.8. The maximum Gasteiger partial charge on any atom is 0.315 e. The van der Waals surface area contributed by atoms with Crippen LogP contribution in [0.5, 0.6) is 0 Å². The highest BCUT2D eigenvalue weighted by atomic mass is 16.2. The molecule has 0 bridgehead atoms. The average molecular weight is 247 g/mol. The molecule has 2 rings (SSSR count). The lowest BCUT2D eigenvalue weighted by Crippen LogP contribution is -2.46. The predicted molar refractivity (Wildman–Crippen MR) is 72.4 cm³/mol. The predicted octanol–water partition coefficient (Wildman–Crippen LogP) is 1.55. The lowest BCUT2D eigenvalue weighted by molar-refractivity contribution is 0.233. The van der Waals surface area contributed by atoms with Gasteiger partial charge >= 0.3 is 6.03 Å². The van der Waals surface area contributed by atoms with Gasteiger partial charge in [-0.25, -0.2) is 4.79 Å². The van der Waals surface area contributed by atoms with Gasteiger partial charge in [0.1, 0.15) is 0 Å². The second-order valence-electron chi connectivity index (χ2n) is 4.78. The summed E-state index contributed by atoms with van der Waals surface area (Å²) in [5.41, 5.74) is 2.37. The van der Waals surface area contributed by atoms with E-state index in [4.69, 9.17) is 0 Å². The monoisotopic (exact) mass is 247 g/mol. The Hall–Kier alpha value is -1.55. The molecule has 0 unspecified atom stereocenters. The molecule has 1 aromatic rings. The van der Waals surface area contributed by atoms with E-state index in [2.05, 4.69) is 28.9 Å². The van der Waals surface area contributed by atoms with Gasteiger partial charge < -0.3 is 16.0 Å². The molecule has 4 nitrogen and oxygen atoms in total. The van der Waals surface area contributed by atoms with Crippen LogP contribution < -0.4 is 16.0 Å². The van der Waals surface area contributed by atoms with Gasteiger partial charge in [-0.2, -0.15) is 0 Å². The van der Waals surface area contributed by atoms with Gasteiger partial charge in [0.15, 0.2) is 0 Å². The second kappa shape index (κ2) is 6.40. The molecule has 0 aliphatic carbocycles. The van der Waals surface area contributed by atoms with Crippen LogP contribution in [0.3, 0.4) is 0 Å². The minimum Gasteiger partial charge on any atom is -0.335 e. The van der Waals surface area contributed by atoms with Gasteiger partial charge in [0, 0.05) is 12.6 Å². The number of carbonyl (C=O) groups is 1. The first-order valence-electron chi connectivity index (χ1n) is 6.55. The van der Waals surface area contributed by atoms with Crippen molar-refractivity contribution in [2.45, 2.75) is 32.4 Å². The highest BCUT2D eigenvalue weighted by molar-refractivity contribution is 5.74. The molecule has 1 aliphatic rings. The molecule has 98 valence electrons. The third kappa shape index (κ3) is 3.74. The van der Waals surface area contributed by atoms with E-state index in [0.29, 0.717) is 12.6 Å². The average Bonchev–Trinajstić information content (AvgIpc) is 2.39. The van der Waals surface area contributed by atoms with Gasteiger partial charge in [0.05, 0.1) is 0 Å². The Morgan fingerprint density at radius 1 is 1.33 bits per heavy atom. The fraction of sp³-hybridized carbons (Fsp3) is 0.500. The quantitative estimate of drug-likeness (QED) is 0.759. The summed E-state index contributed by atoms with van der Waals surface area (Å²) in [6.45, 7) is 4.62. The molecule has 3 N–H and O–H groups in total. The molecule has 0 radical (unpaired) electrons. The van der Waals surface area contributed by atoms with Crippen molar-refractivity contribution in [2.24, 2.45) is 0 Å². The van der Waals surface area contributed by atoms with Gasteiger partial charge in [0.25, 0.3) is 0 Å². The molecule has 1 aliphatic heterocycles. The lowest BCUT2D eigenvalue weighted by atomic mass is 10.1. The smallest absolute Gasteiger partial charge is 0.315 e. The van der Waals surface area contributed by atoms with E-state index in [1.165, 1.54) is 5.56 Å². The first kappa shape index (κ1) is 12.9. The number of hydrogen-bond acceptors (Lipinski definition) is 2. The largest absolute Gasteiger partial charge is 0.335 e. The highest BCUT2D eigenvalue weighted by Gasteiger charge is 2.14. The summed E-state index contributed by atoms with van der Waals surface area (Å²) in [5.74, 6) is 0. The first-order valence-corrected chi connectivity index (χ1v) is 6.55. The van der Waals surface area contributed by atoms with Crippen molar-refractivity contribution in [3.05, 3.63) is 35.4 Å². The molecule has 1 aromatic carbocycles. The van der Waals surface area contributed by atoms with Crippen LogP contribution in [0.25, 0.3) is 0 Å². The number of benzene rings is 1.